The number of hydrogen-bond acceptors (Lipinski definition) is 3. The number of carboxylic acid groups (broad SMARTS) is 1. The van der Waals surface area contributed by atoms with Crippen molar-refractivity contribution < 1.29 is 14.7 Å². The lowest BCUT2D eigenvalue weighted by Crippen LogP contribution is -2.32. The zero-order chi connectivity index (χ0) is 11.7. The van der Waals surface area contributed by atoms with Crippen LogP contribution in [0, 0.1) is 5.92 Å². The normalized spacial score (nSPS) is 12.1. The second kappa shape index (κ2) is 8.59. The van der Waals surface area contributed by atoms with Gasteiger partial charge in [0, 0.05) is 6.54 Å². The Kier molecular flexibility index (Phi) is 8.18. The van der Waals surface area contributed by atoms with Crippen molar-refractivity contribution in [3.05, 3.63) is 0 Å². The third-order valence-electron chi connectivity index (χ3n) is 1.90. The Labute approximate surface area is 94.8 Å². The topological polar surface area (TPSA) is 66.4 Å². The van der Waals surface area contributed by atoms with Crippen LogP contribution in [0.3, 0.4) is 0 Å². The molecule has 1 amide bonds. The number of carbonyl (C=O) groups excluding carboxylic acids is 1. The fourth-order valence-corrected chi connectivity index (χ4v) is 1.74. The van der Waals surface area contributed by atoms with E-state index in [9.17, 15) is 9.59 Å². The first-order valence-electron chi connectivity index (χ1n) is 5.15. The molecule has 88 valence electrons. The lowest BCUT2D eigenvalue weighted by molar-refractivity contribution is -0.141. The molecule has 0 aromatic rings. The number of thioether (sulfide) groups is 1. The zero-order valence-electron chi connectivity index (χ0n) is 9.28. The van der Waals surface area contributed by atoms with E-state index in [1.165, 1.54) is 0 Å². The number of carboxylic acids is 1. The van der Waals surface area contributed by atoms with E-state index in [0.29, 0.717) is 5.75 Å². The van der Waals surface area contributed by atoms with Gasteiger partial charge in [-0.25, -0.2) is 0 Å². The molecule has 0 aromatic heterocycles. The molecule has 0 aliphatic carbocycles. The van der Waals surface area contributed by atoms with Gasteiger partial charge in [-0.2, -0.15) is 11.8 Å². The first kappa shape index (κ1) is 14.3. The smallest absolute Gasteiger partial charge is 0.308 e. The van der Waals surface area contributed by atoms with Crippen LogP contribution < -0.4 is 5.32 Å². The van der Waals surface area contributed by atoms with Crippen molar-refractivity contribution in [1.29, 1.82) is 0 Å². The van der Waals surface area contributed by atoms with E-state index in [1.54, 1.807) is 18.7 Å². The fraction of sp³-hybridized carbons (Fsp3) is 0.800. The van der Waals surface area contributed by atoms with Crippen LogP contribution in [-0.4, -0.2) is 35.0 Å². The molecule has 2 N–H and O–H groups in total. The summed E-state index contributed by atoms with van der Waals surface area (Å²) in [6.07, 6.45) is 2.24. The van der Waals surface area contributed by atoms with Crippen LogP contribution in [-0.2, 0) is 9.59 Å². The van der Waals surface area contributed by atoms with E-state index in [-0.39, 0.29) is 12.5 Å². The second-order valence-electron chi connectivity index (χ2n) is 3.45. The molecule has 0 aromatic carbocycles. The lowest BCUT2D eigenvalue weighted by atomic mass is 10.2. The predicted octanol–water partition coefficient (Wildman–Crippen LogP) is 1.36. The van der Waals surface area contributed by atoms with Crippen LogP contribution >= 0.6 is 11.8 Å². The van der Waals surface area contributed by atoms with Crippen molar-refractivity contribution >= 4 is 23.6 Å². The Morgan fingerprint density at radius 1 is 1.47 bits per heavy atom. The number of nitrogens with one attached hydrogen (secondary N) is 1. The van der Waals surface area contributed by atoms with E-state index in [2.05, 4.69) is 12.2 Å². The molecule has 0 aliphatic heterocycles. The molecule has 4 nitrogen and oxygen atoms in total. The molecule has 0 saturated heterocycles. The minimum Gasteiger partial charge on any atom is -0.481 e. The molecule has 1 atom stereocenters. The van der Waals surface area contributed by atoms with Crippen molar-refractivity contribution in [2.75, 3.05) is 18.1 Å². The van der Waals surface area contributed by atoms with E-state index in [4.69, 9.17) is 5.11 Å². The summed E-state index contributed by atoms with van der Waals surface area (Å²) in [5.41, 5.74) is 0. The average molecular weight is 233 g/mol. The van der Waals surface area contributed by atoms with Gasteiger partial charge in [-0.1, -0.05) is 20.3 Å². The summed E-state index contributed by atoms with van der Waals surface area (Å²) in [5, 5.41) is 11.2. The standard InChI is InChI=1S/C10H19NO3S/c1-3-4-5-15-7-9(12)11-6-8(2)10(13)14/h8H,3-7H2,1-2H3,(H,11,12)(H,13,14). The maximum Gasteiger partial charge on any atom is 0.308 e. The Hall–Kier alpha value is -0.710. The van der Waals surface area contributed by atoms with Crippen molar-refractivity contribution in [2.24, 2.45) is 5.92 Å². The average Bonchev–Trinajstić information content (AvgIpc) is 2.20. The van der Waals surface area contributed by atoms with Crippen LogP contribution in [0.2, 0.25) is 0 Å². The monoisotopic (exact) mass is 233 g/mol. The van der Waals surface area contributed by atoms with Gasteiger partial charge in [-0.3, -0.25) is 9.59 Å². The van der Waals surface area contributed by atoms with Gasteiger partial charge in [0.15, 0.2) is 0 Å². The van der Waals surface area contributed by atoms with Gasteiger partial charge in [0.25, 0.3) is 0 Å². The Morgan fingerprint density at radius 2 is 2.13 bits per heavy atom. The molecule has 1 unspecified atom stereocenters. The molecule has 0 saturated carbocycles. The van der Waals surface area contributed by atoms with Crippen molar-refractivity contribution in [2.45, 2.75) is 26.7 Å². The molecule has 0 aliphatic rings. The van der Waals surface area contributed by atoms with Crippen molar-refractivity contribution in [1.82, 2.24) is 5.32 Å². The fourth-order valence-electron chi connectivity index (χ4n) is 0.817. The molecule has 0 rings (SSSR count). The van der Waals surface area contributed by atoms with Gasteiger partial charge in [0.2, 0.25) is 5.91 Å². The van der Waals surface area contributed by atoms with E-state index >= 15 is 0 Å². The van der Waals surface area contributed by atoms with Crippen LogP contribution in [0.4, 0.5) is 0 Å². The largest absolute Gasteiger partial charge is 0.481 e. The molecule has 0 heterocycles. The number of hydrogen-bond donors (Lipinski definition) is 2. The number of aliphatic carboxylic acids is 1. The highest BCUT2D eigenvalue weighted by Crippen LogP contribution is 2.03. The van der Waals surface area contributed by atoms with Gasteiger partial charge >= 0.3 is 5.97 Å². The minimum atomic E-state index is -0.881. The first-order valence-corrected chi connectivity index (χ1v) is 6.30. The maximum absolute atomic E-state index is 11.2. The highest BCUT2D eigenvalue weighted by molar-refractivity contribution is 7.99. The van der Waals surface area contributed by atoms with E-state index in [1.807, 2.05) is 0 Å². The molecule has 5 heteroatoms. The quantitative estimate of drug-likeness (QED) is 0.621. The zero-order valence-corrected chi connectivity index (χ0v) is 10.1. The summed E-state index contributed by atoms with van der Waals surface area (Å²) in [6, 6.07) is 0. The Bertz CT molecular complexity index is 209. The van der Waals surface area contributed by atoms with E-state index < -0.39 is 11.9 Å². The predicted molar refractivity (Wildman–Crippen MR) is 62.0 cm³/mol. The van der Waals surface area contributed by atoms with Crippen LogP contribution in [0.1, 0.15) is 26.7 Å². The third kappa shape index (κ3) is 8.30. The maximum atomic E-state index is 11.2. The van der Waals surface area contributed by atoms with Crippen LogP contribution in [0.5, 0.6) is 0 Å². The van der Waals surface area contributed by atoms with Crippen molar-refractivity contribution in [3.8, 4) is 0 Å². The highest BCUT2D eigenvalue weighted by atomic mass is 32.2. The van der Waals surface area contributed by atoms with Gasteiger partial charge in [0.1, 0.15) is 0 Å². The Balaban J connectivity index is 3.45. The molecular weight excluding hydrogens is 214 g/mol. The number of rotatable bonds is 8. The van der Waals surface area contributed by atoms with E-state index in [0.717, 1.165) is 18.6 Å². The summed E-state index contributed by atoms with van der Waals surface area (Å²) in [4.78, 5) is 21.7. The number of unbranched alkanes of at least 4 members (excludes halogenated alkanes) is 1. The first-order chi connectivity index (χ1) is 7.07. The number of amides is 1. The number of carbonyl (C=O) groups is 2. The summed E-state index contributed by atoms with van der Waals surface area (Å²) in [5.74, 6) is -0.0715. The van der Waals surface area contributed by atoms with Crippen molar-refractivity contribution in [3.63, 3.8) is 0 Å². The summed E-state index contributed by atoms with van der Waals surface area (Å²) in [6.45, 7) is 3.89. The SMILES string of the molecule is CCCCSCC(=O)NCC(C)C(=O)O. The highest BCUT2D eigenvalue weighted by Gasteiger charge is 2.11. The molecule has 0 bridgehead atoms. The Morgan fingerprint density at radius 3 is 2.67 bits per heavy atom. The summed E-state index contributed by atoms with van der Waals surface area (Å²) in [7, 11) is 0. The van der Waals surface area contributed by atoms with Crippen LogP contribution in [0.15, 0.2) is 0 Å². The molecule has 0 fully saturated rings. The summed E-state index contributed by atoms with van der Waals surface area (Å²) < 4.78 is 0. The third-order valence-corrected chi connectivity index (χ3v) is 2.95. The molecule has 0 spiro atoms. The molecule has 0 radical (unpaired) electrons. The van der Waals surface area contributed by atoms with Crippen LogP contribution in [0.25, 0.3) is 0 Å². The molecule has 15 heavy (non-hydrogen) atoms. The van der Waals surface area contributed by atoms with Gasteiger partial charge in [-0.15, -0.1) is 0 Å². The minimum absolute atomic E-state index is 0.0794. The second-order valence-corrected chi connectivity index (χ2v) is 4.55. The summed E-state index contributed by atoms with van der Waals surface area (Å²) >= 11 is 1.59. The lowest BCUT2D eigenvalue weighted by Gasteiger charge is -2.07. The van der Waals surface area contributed by atoms with Gasteiger partial charge in [0.05, 0.1) is 11.7 Å². The van der Waals surface area contributed by atoms with Gasteiger partial charge < -0.3 is 10.4 Å². The molecular formula is C10H19NO3S. The van der Waals surface area contributed by atoms with Gasteiger partial charge in [-0.05, 0) is 12.2 Å².